The van der Waals surface area contributed by atoms with Crippen molar-refractivity contribution in [2.75, 3.05) is 0 Å². The molecule has 0 unspecified atom stereocenters. The van der Waals surface area contributed by atoms with Crippen LogP contribution in [0.3, 0.4) is 0 Å². The zero-order valence-electron chi connectivity index (χ0n) is 8.02. The third-order valence-electron chi connectivity index (χ3n) is 2.06. The minimum Gasteiger partial charge on any atom is -0.312 e. The van der Waals surface area contributed by atoms with Crippen LogP contribution in [0.4, 0.5) is 0 Å². The van der Waals surface area contributed by atoms with Crippen LogP contribution in [0, 0.1) is 0 Å². The molecule has 6 heteroatoms. The molecule has 16 heavy (non-hydrogen) atoms. The first kappa shape index (κ1) is 11.2. The number of hydrogen-bond donors (Lipinski definition) is 0. The number of aromatic nitrogens is 2. The summed E-state index contributed by atoms with van der Waals surface area (Å²) < 4.78 is 1.54. The van der Waals surface area contributed by atoms with Crippen molar-refractivity contribution in [2.24, 2.45) is 0 Å². The van der Waals surface area contributed by atoms with E-state index < -0.39 is 0 Å². The Labute approximate surface area is 103 Å². The number of aldehydes is 1. The molecule has 2 heterocycles. The average molecular weight is 251 g/mol. The molecule has 0 aliphatic heterocycles. The SMILES string of the molecule is [B]c1cc(C=O)n(-c2c(Cl)cncc2Cl)c1. The molecule has 0 bridgehead atoms. The highest BCUT2D eigenvalue weighted by atomic mass is 35.5. The van der Waals surface area contributed by atoms with E-state index in [1.165, 1.54) is 17.0 Å². The van der Waals surface area contributed by atoms with Gasteiger partial charge in [0.25, 0.3) is 0 Å². The molecule has 0 aliphatic carbocycles. The average Bonchev–Trinajstić information content (AvgIpc) is 2.59. The third-order valence-corrected chi connectivity index (χ3v) is 2.61. The van der Waals surface area contributed by atoms with Crippen LogP contribution >= 0.6 is 23.2 Å². The molecule has 2 aromatic rings. The predicted octanol–water partition coefficient (Wildman–Crippen LogP) is 1.79. The number of carbonyl (C=O) groups excluding carboxylic acids is 1. The molecule has 2 radical (unpaired) electrons. The lowest BCUT2D eigenvalue weighted by Gasteiger charge is -2.09. The molecule has 0 saturated carbocycles. The molecule has 2 rings (SSSR count). The summed E-state index contributed by atoms with van der Waals surface area (Å²) in [6.45, 7) is 0. The van der Waals surface area contributed by atoms with Gasteiger partial charge in [-0.3, -0.25) is 9.78 Å². The van der Waals surface area contributed by atoms with Crippen molar-refractivity contribution in [3.63, 3.8) is 0 Å². The zero-order valence-corrected chi connectivity index (χ0v) is 9.53. The first-order valence-electron chi connectivity index (χ1n) is 4.36. The van der Waals surface area contributed by atoms with Crippen molar-refractivity contribution in [2.45, 2.75) is 0 Å². The summed E-state index contributed by atoms with van der Waals surface area (Å²) in [5.74, 6) is 0. The predicted molar refractivity (Wildman–Crippen MR) is 64.4 cm³/mol. The van der Waals surface area contributed by atoms with Crippen LogP contribution < -0.4 is 5.46 Å². The van der Waals surface area contributed by atoms with E-state index in [0.29, 0.717) is 33.2 Å². The summed E-state index contributed by atoms with van der Waals surface area (Å²) in [5, 5.41) is 0.706. The summed E-state index contributed by atoms with van der Waals surface area (Å²) in [4.78, 5) is 14.7. The van der Waals surface area contributed by atoms with Crippen LogP contribution in [0.25, 0.3) is 5.69 Å². The normalized spacial score (nSPS) is 10.4. The van der Waals surface area contributed by atoms with E-state index in [-0.39, 0.29) is 0 Å². The van der Waals surface area contributed by atoms with E-state index in [1.807, 2.05) is 0 Å². The molecule has 3 nitrogen and oxygen atoms in total. The summed E-state index contributed by atoms with van der Waals surface area (Å²) in [6.07, 6.45) is 5.17. The van der Waals surface area contributed by atoms with Crippen molar-refractivity contribution in [1.29, 1.82) is 0 Å². The number of hydrogen-bond acceptors (Lipinski definition) is 2. The van der Waals surface area contributed by atoms with Gasteiger partial charge in [-0.1, -0.05) is 28.7 Å². The van der Waals surface area contributed by atoms with Crippen LogP contribution in [0.1, 0.15) is 10.5 Å². The molecule has 0 aliphatic rings. The second kappa shape index (κ2) is 4.32. The Morgan fingerprint density at radius 2 is 1.94 bits per heavy atom. The molecule has 0 saturated heterocycles. The van der Waals surface area contributed by atoms with Gasteiger partial charge in [0.15, 0.2) is 6.29 Å². The largest absolute Gasteiger partial charge is 0.312 e. The maximum atomic E-state index is 10.9. The summed E-state index contributed by atoms with van der Waals surface area (Å²) in [6, 6.07) is 1.54. The molecular weight excluding hydrogens is 246 g/mol. The van der Waals surface area contributed by atoms with Crippen molar-refractivity contribution < 1.29 is 4.79 Å². The van der Waals surface area contributed by atoms with Crippen molar-refractivity contribution in [3.05, 3.63) is 40.4 Å². The second-order valence-electron chi connectivity index (χ2n) is 3.14. The first-order chi connectivity index (χ1) is 7.63. The quantitative estimate of drug-likeness (QED) is 0.602. The van der Waals surface area contributed by atoms with Crippen molar-refractivity contribution in [1.82, 2.24) is 9.55 Å². The van der Waals surface area contributed by atoms with Gasteiger partial charge in [-0.05, 0) is 6.07 Å². The Bertz CT molecular complexity index is 533. The second-order valence-corrected chi connectivity index (χ2v) is 3.95. The smallest absolute Gasteiger partial charge is 0.166 e. The van der Waals surface area contributed by atoms with Crippen LogP contribution in [-0.4, -0.2) is 23.7 Å². The fourth-order valence-corrected chi connectivity index (χ4v) is 1.97. The Kier molecular flexibility index (Phi) is 3.03. The molecule has 0 atom stereocenters. The van der Waals surface area contributed by atoms with Gasteiger partial charge < -0.3 is 4.57 Å². The Morgan fingerprint density at radius 1 is 1.31 bits per heavy atom. The minimum atomic E-state index is 0.353. The van der Waals surface area contributed by atoms with E-state index in [2.05, 4.69) is 4.98 Å². The maximum Gasteiger partial charge on any atom is 0.166 e. The molecule has 0 amide bonds. The zero-order chi connectivity index (χ0) is 11.7. The van der Waals surface area contributed by atoms with Crippen LogP contribution in [0.2, 0.25) is 10.0 Å². The first-order valence-corrected chi connectivity index (χ1v) is 5.11. The highest BCUT2D eigenvalue weighted by molar-refractivity contribution is 6.37. The minimum absolute atomic E-state index is 0.353. The van der Waals surface area contributed by atoms with Gasteiger partial charge in [0.1, 0.15) is 7.85 Å². The maximum absolute atomic E-state index is 10.9. The van der Waals surface area contributed by atoms with Gasteiger partial charge in [-0.15, -0.1) is 0 Å². The van der Waals surface area contributed by atoms with Gasteiger partial charge in [0, 0.05) is 18.6 Å². The summed E-state index contributed by atoms with van der Waals surface area (Å²) >= 11 is 12.0. The molecule has 2 aromatic heterocycles. The van der Waals surface area contributed by atoms with E-state index in [1.54, 1.807) is 12.3 Å². The highest BCUT2D eigenvalue weighted by Crippen LogP contribution is 2.27. The summed E-state index contributed by atoms with van der Waals surface area (Å²) in [7, 11) is 5.61. The number of carbonyl (C=O) groups is 1. The Balaban J connectivity index is 2.71. The highest BCUT2D eigenvalue weighted by Gasteiger charge is 2.12. The van der Waals surface area contributed by atoms with Crippen LogP contribution in [-0.2, 0) is 0 Å². The lowest BCUT2D eigenvalue weighted by Crippen LogP contribution is -2.01. The fraction of sp³-hybridized carbons (Fsp3) is 0. The van der Waals surface area contributed by atoms with Gasteiger partial charge in [0.2, 0.25) is 0 Å². The van der Waals surface area contributed by atoms with Crippen molar-refractivity contribution >= 4 is 42.8 Å². The number of nitrogens with zero attached hydrogens (tertiary/aromatic N) is 2. The topological polar surface area (TPSA) is 34.9 Å². The molecule has 0 fully saturated rings. The Hall–Kier alpha value is -1.26. The summed E-state index contributed by atoms with van der Waals surface area (Å²) in [5.41, 5.74) is 1.34. The fourth-order valence-electron chi connectivity index (χ4n) is 1.42. The molecule has 0 N–H and O–H groups in total. The number of rotatable bonds is 2. The van der Waals surface area contributed by atoms with E-state index in [0.717, 1.165) is 0 Å². The third kappa shape index (κ3) is 1.86. The van der Waals surface area contributed by atoms with Gasteiger partial charge in [0.05, 0.1) is 21.4 Å². The van der Waals surface area contributed by atoms with Crippen LogP contribution in [0.5, 0.6) is 0 Å². The monoisotopic (exact) mass is 250 g/mol. The van der Waals surface area contributed by atoms with E-state index in [4.69, 9.17) is 31.0 Å². The lowest BCUT2D eigenvalue weighted by molar-refractivity contribution is 0.111. The van der Waals surface area contributed by atoms with Crippen molar-refractivity contribution in [3.8, 4) is 5.69 Å². The van der Waals surface area contributed by atoms with E-state index >= 15 is 0 Å². The van der Waals surface area contributed by atoms with Gasteiger partial charge in [-0.25, -0.2) is 0 Å². The van der Waals surface area contributed by atoms with Gasteiger partial charge >= 0.3 is 0 Å². The van der Waals surface area contributed by atoms with Gasteiger partial charge in [-0.2, -0.15) is 0 Å². The standard InChI is InChI=1S/C10H5BCl2N2O/c11-6-1-7(5-16)15(4-6)10-8(12)2-14-3-9(10)13/h1-5H. The van der Waals surface area contributed by atoms with Crippen LogP contribution in [0.15, 0.2) is 24.7 Å². The lowest BCUT2D eigenvalue weighted by atomic mass is 10.0. The van der Waals surface area contributed by atoms with E-state index in [9.17, 15) is 4.79 Å². The molecule has 0 spiro atoms. The number of halogens is 2. The molecular formula is C10H5BCl2N2O. The molecule has 78 valence electrons. The number of pyridine rings is 1. The Morgan fingerprint density at radius 3 is 2.50 bits per heavy atom. The molecule has 0 aromatic carbocycles.